The molecule has 0 aliphatic rings. The molecule has 0 aliphatic carbocycles. The lowest BCUT2D eigenvalue weighted by molar-refractivity contribution is 0.0270. The molecule has 0 radical (unpaired) electrons. The summed E-state index contributed by atoms with van der Waals surface area (Å²) in [6, 6.07) is 0. The minimum Gasteiger partial charge on any atom is -0.449 e. The Morgan fingerprint density at radius 1 is 1.10 bits per heavy atom. The number of unbranched alkanes of at least 4 members (excludes halogenated alkanes) is 2. The lowest BCUT2D eigenvalue weighted by Gasteiger charge is -2.28. The molecule has 4 nitrogen and oxygen atoms in total. The summed E-state index contributed by atoms with van der Waals surface area (Å²) in [7, 11) is 0. The number of hydrogen-bond acceptors (Lipinski definition) is 3. The van der Waals surface area contributed by atoms with E-state index in [0.29, 0.717) is 6.61 Å². The fraction of sp³-hybridized carbons (Fsp3) is 0.938. The van der Waals surface area contributed by atoms with Gasteiger partial charge in [-0.25, -0.2) is 4.79 Å². The average Bonchev–Trinajstić information content (AvgIpc) is 2.45. The maximum atomic E-state index is 12.1. The second-order valence-electron chi connectivity index (χ2n) is 5.97. The van der Waals surface area contributed by atoms with Crippen LogP contribution < -0.4 is 0 Å². The molecule has 0 saturated heterocycles. The Bertz CT molecular complexity index is 250. The summed E-state index contributed by atoms with van der Waals surface area (Å²) in [6.45, 7) is 10.2. The van der Waals surface area contributed by atoms with Crippen LogP contribution in [0.3, 0.4) is 0 Å². The first-order chi connectivity index (χ1) is 9.52. The zero-order valence-electron chi connectivity index (χ0n) is 13.8. The Balaban J connectivity index is 4.35. The van der Waals surface area contributed by atoms with E-state index in [1.165, 1.54) is 0 Å². The summed E-state index contributed by atoms with van der Waals surface area (Å²) < 4.78 is 5.43. The van der Waals surface area contributed by atoms with Crippen molar-refractivity contribution in [1.29, 1.82) is 0 Å². The summed E-state index contributed by atoms with van der Waals surface area (Å²) in [4.78, 5) is 13.9. The van der Waals surface area contributed by atoms with E-state index >= 15 is 0 Å². The number of nitrogens with zero attached hydrogens (tertiary/aromatic N) is 1. The molecule has 20 heavy (non-hydrogen) atoms. The zero-order valence-corrected chi connectivity index (χ0v) is 13.8. The first-order valence-electron chi connectivity index (χ1n) is 8.05. The van der Waals surface area contributed by atoms with E-state index in [1.807, 2.05) is 6.92 Å². The maximum absolute atomic E-state index is 12.1. The minimum atomic E-state index is -0.314. The predicted octanol–water partition coefficient (Wildman–Crippen LogP) is 3.82. The van der Waals surface area contributed by atoms with Crippen molar-refractivity contribution in [1.82, 2.24) is 4.90 Å². The number of carbonyl (C=O) groups is 1. The minimum absolute atomic E-state index is 0.0536. The molecule has 0 aromatic rings. The van der Waals surface area contributed by atoms with Crippen LogP contribution in [0.25, 0.3) is 0 Å². The molecular formula is C16H33NO3. The second kappa shape index (κ2) is 11.0. The van der Waals surface area contributed by atoms with E-state index in [9.17, 15) is 9.90 Å². The number of rotatable bonds is 11. The van der Waals surface area contributed by atoms with Crippen molar-refractivity contribution in [2.75, 3.05) is 26.3 Å². The quantitative estimate of drug-likeness (QED) is 0.628. The van der Waals surface area contributed by atoms with Crippen molar-refractivity contribution in [2.24, 2.45) is 5.41 Å². The van der Waals surface area contributed by atoms with Gasteiger partial charge in [-0.15, -0.1) is 0 Å². The van der Waals surface area contributed by atoms with Gasteiger partial charge in [-0.3, -0.25) is 0 Å². The lowest BCUT2D eigenvalue weighted by atomic mass is 9.88. The molecule has 0 fully saturated rings. The molecule has 0 spiro atoms. The van der Waals surface area contributed by atoms with Gasteiger partial charge in [-0.1, -0.05) is 47.0 Å². The number of amides is 1. The third-order valence-corrected chi connectivity index (χ3v) is 3.60. The maximum Gasteiger partial charge on any atom is 0.409 e. The smallest absolute Gasteiger partial charge is 0.409 e. The third kappa shape index (κ3) is 7.73. The Kier molecular flexibility index (Phi) is 10.5. The number of hydrogen-bond donors (Lipinski definition) is 1. The van der Waals surface area contributed by atoms with Crippen molar-refractivity contribution in [3.8, 4) is 0 Å². The number of carbonyl (C=O) groups excluding carboxylic acids is 1. The van der Waals surface area contributed by atoms with E-state index in [-0.39, 0.29) is 18.1 Å². The fourth-order valence-electron chi connectivity index (χ4n) is 2.12. The van der Waals surface area contributed by atoms with Gasteiger partial charge in [0, 0.05) is 18.5 Å². The predicted molar refractivity (Wildman–Crippen MR) is 82.8 cm³/mol. The highest BCUT2D eigenvalue weighted by atomic mass is 16.6. The molecule has 0 saturated carbocycles. The Labute approximate surface area is 124 Å². The largest absolute Gasteiger partial charge is 0.449 e. The van der Waals surface area contributed by atoms with E-state index in [1.54, 1.807) is 4.90 Å². The van der Waals surface area contributed by atoms with Gasteiger partial charge >= 0.3 is 6.09 Å². The van der Waals surface area contributed by atoms with Crippen LogP contribution in [0.15, 0.2) is 0 Å². The van der Waals surface area contributed by atoms with Crippen LogP contribution >= 0.6 is 0 Å². The van der Waals surface area contributed by atoms with Gasteiger partial charge in [0.05, 0.1) is 6.61 Å². The molecule has 0 heterocycles. The van der Waals surface area contributed by atoms with Crippen LogP contribution in [-0.4, -0.2) is 42.4 Å². The molecule has 0 unspecified atom stereocenters. The van der Waals surface area contributed by atoms with Gasteiger partial charge < -0.3 is 14.7 Å². The van der Waals surface area contributed by atoms with Crippen molar-refractivity contribution in [3.63, 3.8) is 0 Å². The summed E-state index contributed by atoms with van der Waals surface area (Å²) in [5.74, 6) is 0. The highest BCUT2D eigenvalue weighted by Gasteiger charge is 2.25. The third-order valence-electron chi connectivity index (χ3n) is 3.60. The summed E-state index contributed by atoms with van der Waals surface area (Å²) >= 11 is 0. The Hall–Kier alpha value is -0.770. The summed E-state index contributed by atoms with van der Waals surface area (Å²) in [5.41, 5.74) is -0.314. The van der Waals surface area contributed by atoms with Gasteiger partial charge in [-0.05, 0) is 19.3 Å². The molecule has 0 bridgehead atoms. The van der Waals surface area contributed by atoms with Crippen molar-refractivity contribution in [2.45, 2.75) is 66.2 Å². The molecule has 4 heteroatoms. The van der Waals surface area contributed by atoms with Crippen LogP contribution in [0.1, 0.15) is 66.2 Å². The summed E-state index contributed by atoms with van der Waals surface area (Å²) in [5, 5.41) is 9.45. The van der Waals surface area contributed by atoms with Crippen molar-refractivity contribution >= 4 is 6.09 Å². The topological polar surface area (TPSA) is 49.8 Å². The molecule has 120 valence electrons. The van der Waals surface area contributed by atoms with Crippen molar-refractivity contribution in [3.05, 3.63) is 0 Å². The highest BCUT2D eigenvalue weighted by molar-refractivity contribution is 5.67. The standard InChI is InChI=1S/C16H33NO3/c1-5-8-11-17(12-9-6-2)15(19)20-14-16(4,13-18)10-7-3/h18H,5-14H2,1-4H3/t16-/m1/s1. The van der Waals surface area contributed by atoms with E-state index in [4.69, 9.17) is 4.74 Å². The Morgan fingerprint density at radius 3 is 2.05 bits per heavy atom. The first kappa shape index (κ1) is 19.2. The van der Waals surface area contributed by atoms with Crippen LogP contribution in [0.5, 0.6) is 0 Å². The summed E-state index contributed by atoms with van der Waals surface area (Å²) in [6.07, 6.45) is 5.75. The molecule has 0 aliphatic heterocycles. The molecule has 1 amide bonds. The van der Waals surface area contributed by atoms with Crippen LogP contribution in [0.4, 0.5) is 4.79 Å². The molecule has 0 rings (SSSR count). The van der Waals surface area contributed by atoms with E-state index < -0.39 is 0 Å². The molecule has 1 atom stereocenters. The van der Waals surface area contributed by atoms with Crippen LogP contribution in [0, 0.1) is 5.41 Å². The SMILES string of the molecule is CCCCN(CCCC)C(=O)OC[C@@](C)(CO)CCC. The number of ether oxygens (including phenoxy) is 1. The average molecular weight is 287 g/mol. The Morgan fingerprint density at radius 2 is 1.65 bits per heavy atom. The van der Waals surface area contributed by atoms with E-state index in [0.717, 1.165) is 51.6 Å². The fourth-order valence-corrected chi connectivity index (χ4v) is 2.12. The molecule has 1 N–H and O–H groups in total. The van der Waals surface area contributed by atoms with Gasteiger partial charge in [0.15, 0.2) is 0 Å². The monoisotopic (exact) mass is 287 g/mol. The van der Waals surface area contributed by atoms with Crippen LogP contribution in [-0.2, 0) is 4.74 Å². The normalized spacial score (nSPS) is 13.8. The van der Waals surface area contributed by atoms with E-state index in [2.05, 4.69) is 20.8 Å². The zero-order chi connectivity index (χ0) is 15.4. The molecule has 0 aromatic heterocycles. The van der Waals surface area contributed by atoms with Crippen LogP contribution in [0.2, 0.25) is 0 Å². The van der Waals surface area contributed by atoms with Crippen molar-refractivity contribution < 1.29 is 14.6 Å². The molecular weight excluding hydrogens is 254 g/mol. The number of aliphatic hydroxyl groups excluding tert-OH is 1. The van der Waals surface area contributed by atoms with Gasteiger partial charge in [-0.2, -0.15) is 0 Å². The second-order valence-corrected chi connectivity index (χ2v) is 5.97. The number of aliphatic hydroxyl groups is 1. The molecule has 0 aromatic carbocycles. The first-order valence-corrected chi connectivity index (χ1v) is 8.05. The van der Waals surface area contributed by atoms with Gasteiger partial charge in [0.25, 0.3) is 0 Å². The highest BCUT2D eigenvalue weighted by Crippen LogP contribution is 2.23. The van der Waals surface area contributed by atoms with Gasteiger partial charge in [0.2, 0.25) is 0 Å². The lowest BCUT2D eigenvalue weighted by Crippen LogP contribution is -2.37. The van der Waals surface area contributed by atoms with Gasteiger partial charge in [0.1, 0.15) is 6.61 Å².